The molecule has 0 amide bonds. The SMILES string of the molecule is CCCCSc1sc([C@H](C)O)cc1[N+](=O)[O-]. The molecule has 4 nitrogen and oxygen atoms in total. The van der Waals surface area contributed by atoms with Crippen LogP contribution >= 0.6 is 23.1 Å². The topological polar surface area (TPSA) is 63.4 Å². The highest BCUT2D eigenvalue weighted by Gasteiger charge is 2.20. The molecule has 0 saturated carbocycles. The summed E-state index contributed by atoms with van der Waals surface area (Å²) in [5, 5.41) is 20.2. The molecule has 0 aromatic carbocycles. The van der Waals surface area contributed by atoms with Gasteiger partial charge in [-0.15, -0.1) is 23.1 Å². The normalized spacial score (nSPS) is 12.7. The molecule has 90 valence electrons. The maximum Gasteiger partial charge on any atom is 0.294 e. The Labute approximate surface area is 103 Å². The average molecular weight is 261 g/mol. The molecule has 1 atom stereocenters. The molecule has 1 aromatic rings. The van der Waals surface area contributed by atoms with Gasteiger partial charge in [0.2, 0.25) is 0 Å². The average Bonchev–Trinajstić information content (AvgIpc) is 2.62. The predicted molar refractivity (Wildman–Crippen MR) is 67.2 cm³/mol. The van der Waals surface area contributed by atoms with E-state index in [1.165, 1.54) is 29.2 Å². The van der Waals surface area contributed by atoms with Crippen molar-refractivity contribution in [1.82, 2.24) is 0 Å². The molecule has 6 heteroatoms. The molecule has 16 heavy (non-hydrogen) atoms. The highest BCUT2D eigenvalue weighted by Crippen LogP contribution is 2.40. The van der Waals surface area contributed by atoms with Gasteiger partial charge in [0.25, 0.3) is 5.69 Å². The molecule has 1 heterocycles. The van der Waals surface area contributed by atoms with Crippen molar-refractivity contribution >= 4 is 28.8 Å². The summed E-state index contributed by atoms with van der Waals surface area (Å²) in [7, 11) is 0. The van der Waals surface area contributed by atoms with E-state index in [2.05, 4.69) is 6.92 Å². The van der Waals surface area contributed by atoms with E-state index in [-0.39, 0.29) is 10.6 Å². The molecule has 0 spiro atoms. The van der Waals surface area contributed by atoms with Gasteiger partial charge in [0, 0.05) is 10.9 Å². The monoisotopic (exact) mass is 261 g/mol. The predicted octanol–water partition coefficient (Wildman–Crippen LogP) is 3.60. The number of rotatable bonds is 6. The number of thioether (sulfide) groups is 1. The van der Waals surface area contributed by atoms with Crippen LogP contribution in [0.1, 0.15) is 37.7 Å². The van der Waals surface area contributed by atoms with Crippen molar-refractivity contribution in [2.45, 2.75) is 37.0 Å². The zero-order valence-electron chi connectivity index (χ0n) is 9.30. The number of nitro groups is 1. The molecular weight excluding hydrogens is 246 g/mol. The van der Waals surface area contributed by atoms with Gasteiger partial charge in [-0.1, -0.05) is 13.3 Å². The maximum atomic E-state index is 10.8. The standard InChI is InChI=1S/C10H15NO3S2/c1-3-4-5-15-10-8(11(13)14)6-9(16-10)7(2)12/h6-7,12H,3-5H2,1-2H3/t7-/m0/s1. The first-order valence-electron chi connectivity index (χ1n) is 5.15. The Morgan fingerprint density at radius 2 is 2.38 bits per heavy atom. The van der Waals surface area contributed by atoms with Crippen LogP contribution in [0.5, 0.6) is 0 Å². The number of nitrogens with zero attached hydrogens (tertiary/aromatic N) is 1. The molecule has 0 unspecified atom stereocenters. The van der Waals surface area contributed by atoms with Crippen LogP contribution < -0.4 is 0 Å². The Bertz CT molecular complexity index is 363. The maximum absolute atomic E-state index is 10.8. The van der Waals surface area contributed by atoms with Gasteiger partial charge in [-0.05, 0) is 19.1 Å². The van der Waals surface area contributed by atoms with Gasteiger partial charge in [-0.2, -0.15) is 0 Å². The second-order valence-electron chi connectivity index (χ2n) is 3.46. The molecule has 0 aliphatic carbocycles. The Balaban J connectivity index is 2.83. The number of thiophene rings is 1. The minimum Gasteiger partial charge on any atom is -0.388 e. The third kappa shape index (κ3) is 3.47. The van der Waals surface area contributed by atoms with Crippen LogP contribution in [0.2, 0.25) is 0 Å². The minimum absolute atomic E-state index is 0.127. The lowest BCUT2D eigenvalue weighted by molar-refractivity contribution is -0.387. The molecule has 0 fully saturated rings. The second kappa shape index (κ2) is 6.22. The van der Waals surface area contributed by atoms with Gasteiger partial charge in [-0.25, -0.2) is 0 Å². The molecule has 1 rings (SSSR count). The summed E-state index contributed by atoms with van der Waals surface area (Å²) in [5.74, 6) is 0.886. The van der Waals surface area contributed by atoms with Crippen LogP contribution in [0, 0.1) is 10.1 Å². The molecule has 0 aliphatic heterocycles. The summed E-state index contributed by atoms with van der Waals surface area (Å²) < 4.78 is 0.703. The van der Waals surface area contributed by atoms with E-state index in [1.54, 1.807) is 6.92 Å². The number of hydrogen-bond acceptors (Lipinski definition) is 5. The lowest BCUT2D eigenvalue weighted by atomic mass is 10.3. The highest BCUT2D eigenvalue weighted by atomic mass is 32.2. The number of hydrogen-bond donors (Lipinski definition) is 1. The quantitative estimate of drug-likeness (QED) is 0.368. The molecular formula is C10H15NO3S2. The van der Waals surface area contributed by atoms with Gasteiger partial charge in [0.1, 0.15) is 4.21 Å². The van der Waals surface area contributed by atoms with Crippen molar-refractivity contribution in [1.29, 1.82) is 0 Å². The zero-order chi connectivity index (χ0) is 12.1. The number of unbranched alkanes of at least 4 members (excludes halogenated alkanes) is 1. The number of aliphatic hydroxyl groups is 1. The first kappa shape index (κ1) is 13.5. The van der Waals surface area contributed by atoms with E-state index in [1.807, 2.05) is 0 Å². The van der Waals surface area contributed by atoms with Crippen molar-refractivity contribution in [3.05, 3.63) is 21.1 Å². The first-order valence-corrected chi connectivity index (χ1v) is 6.95. The Morgan fingerprint density at radius 1 is 1.69 bits per heavy atom. The first-order chi connectivity index (χ1) is 7.56. The molecule has 0 saturated heterocycles. The van der Waals surface area contributed by atoms with E-state index in [4.69, 9.17) is 0 Å². The molecule has 0 radical (unpaired) electrons. The van der Waals surface area contributed by atoms with Crippen molar-refractivity contribution in [2.24, 2.45) is 0 Å². The summed E-state index contributed by atoms with van der Waals surface area (Å²) in [6.07, 6.45) is 1.49. The van der Waals surface area contributed by atoms with Gasteiger partial charge in [-0.3, -0.25) is 10.1 Å². The number of aliphatic hydroxyl groups excluding tert-OH is 1. The largest absolute Gasteiger partial charge is 0.388 e. The van der Waals surface area contributed by atoms with Crippen LogP contribution in [-0.4, -0.2) is 15.8 Å². The lowest BCUT2D eigenvalue weighted by Crippen LogP contribution is -1.88. The van der Waals surface area contributed by atoms with Gasteiger partial charge >= 0.3 is 0 Å². The van der Waals surface area contributed by atoms with Crippen LogP contribution in [0.4, 0.5) is 5.69 Å². The third-order valence-electron chi connectivity index (χ3n) is 2.04. The Hall–Kier alpha value is -0.590. The Kier molecular flexibility index (Phi) is 5.24. The van der Waals surface area contributed by atoms with Crippen molar-refractivity contribution in [3.63, 3.8) is 0 Å². The molecule has 1 N–H and O–H groups in total. The smallest absolute Gasteiger partial charge is 0.294 e. The summed E-state index contributed by atoms with van der Waals surface area (Å²) in [4.78, 5) is 11.1. The fourth-order valence-corrected chi connectivity index (χ4v) is 3.60. The van der Waals surface area contributed by atoms with Crippen LogP contribution in [0.3, 0.4) is 0 Å². The van der Waals surface area contributed by atoms with Crippen LogP contribution in [0.25, 0.3) is 0 Å². The van der Waals surface area contributed by atoms with E-state index in [0.29, 0.717) is 9.09 Å². The third-order valence-corrected chi connectivity index (χ3v) is 4.70. The van der Waals surface area contributed by atoms with Crippen molar-refractivity contribution in [3.8, 4) is 0 Å². The highest BCUT2D eigenvalue weighted by molar-refractivity contribution is 8.01. The van der Waals surface area contributed by atoms with Gasteiger partial charge < -0.3 is 5.11 Å². The molecule has 0 bridgehead atoms. The van der Waals surface area contributed by atoms with Gasteiger partial charge in [0.15, 0.2) is 0 Å². The fraction of sp³-hybridized carbons (Fsp3) is 0.600. The van der Waals surface area contributed by atoms with Crippen LogP contribution in [-0.2, 0) is 0 Å². The summed E-state index contributed by atoms with van der Waals surface area (Å²) >= 11 is 2.82. The zero-order valence-corrected chi connectivity index (χ0v) is 10.9. The van der Waals surface area contributed by atoms with Crippen LogP contribution in [0.15, 0.2) is 10.3 Å². The summed E-state index contributed by atoms with van der Waals surface area (Å²) in [6.45, 7) is 3.71. The van der Waals surface area contributed by atoms with E-state index < -0.39 is 6.10 Å². The fourth-order valence-electron chi connectivity index (χ4n) is 1.13. The minimum atomic E-state index is -0.635. The second-order valence-corrected chi connectivity index (χ2v) is 5.90. The van der Waals surface area contributed by atoms with Crippen molar-refractivity contribution in [2.75, 3.05) is 5.75 Å². The van der Waals surface area contributed by atoms with E-state index in [9.17, 15) is 15.2 Å². The van der Waals surface area contributed by atoms with E-state index >= 15 is 0 Å². The van der Waals surface area contributed by atoms with E-state index in [0.717, 1.165) is 18.6 Å². The van der Waals surface area contributed by atoms with Gasteiger partial charge in [0.05, 0.1) is 11.0 Å². The summed E-state index contributed by atoms with van der Waals surface area (Å²) in [5.41, 5.74) is 0.127. The molecule has 1 aromatic heterocycles. The Morgan fingerprint density at radius 3 is 2.88 bits per heavy atom. The lowest BCUT2D eigenvalue weighted by Gasteiger charge is -1.97. The summed E-state index contributed by atoms with van der Waals surface area (Å²) in [6, 6.07) is 1.48. The molecule has 0 aliphatic rings. The van der Waals surface area contributed by atoms with Crippen molar-refractivity contribution < 1.29 is 10.0 Å².